The first-order chi connectivity index (χ1) is 10.1. The second-order valence-electron chi connectivity index (χ2n) is 5.25. The quantitative estimate of drug-likeness (QED) is 0.847. The van der Waals surface area contributed by atoms with Gasteiger partial charge in [-0.3, -0.25) is 4.90 Å². The number of carbonyl (C=O) groups is 1. The number of aromatic hydroxyl groups is 1. The van der Waals surface area contributed by atoms with Crippen molar-refractivity contribution in [1.82, 2.24) is 14.6 Å². The number of phenolic OH excluding ortho intramolecular Hbond substituents is 1. The molecular weight excluding hydrogens is 290 g/mol. The Morgan fingerprint density at radius 3 is 3.14 bits per heavy atom. The molecule has 108 valence electrons. The lowest BCUT2D eigenvalue weighted by atomic mass is 9.88. The van der Waals surface area contributed by atoms with Crippen molar-refractivity contribution in [2.24, 2.45) is 0 Å². The number of nitrogens with zero attached hydrogens (tertiary/aromatic N) is 2. The average molecular weight is 303 g/mol. The number of phenols is 1. The van der Waals surface area contributed by atoms with Crippen molar-refractivity contribution in [3.63, 3.8) is 0 Å². The molecule has 1 fully saturated rings. The number of benzene rings is 1. The van der Waals surface area contributed by atoms with Crippen LogP contribution in [-0.4, -0.2) is 27.5 Å². The summed E-state index contributed by atoms with van der Waals surface area (Å²) in [5, 5.41) is 12.6. The molecule has 6 nitrogen and oxygen atoms in total. The number of rotatable bonds is 1. The lowest BCUT2D eigenvalue weighted by Crippen LogP contribution is -2.62. The number of hydrogen-bond acceptors (Lipinski definition) is 5. The van der Waals surface area contributed by atoms with Crippen molar-refractivity contribution in [2.45, 2.75) is 18.2 Å². The number of carbonyl (C=O) groups excluding carboxylic acids is 1. The number of nitrogens with one attached hydrogen (secondary N) is 1. The van der Waals surface area contributed by atoms with E-state index in [0.717, 1.165) is 10.4 Å². The number of amides is 2. The maximum Gasteiger partial charge on any atom is 0.321 e. The van der Waals surface area contributed by atoms with E-state index in [1.165, 1.54) is 11.5 Å². The van der Waals surface area contributed by atoms with E-state index in [9.17, 15) is 9.90 Å². The Morgan fingerprint density at radius 1 is 1.52 bits per heavy atom. The minimum absolute atomic E-state index is 0.163. The lowest BCUT2D eigenvalue weighted by Gasteiger charge is -2.50. The third-order valence-electron chi connectivity index (χ3n) is 4.10. The smallest absolute Gasteiger partial charge is 0.321 e. The topological polar surface area (TPSA) is 74.7 Å². The minimum Gasteiger partial charge on any atom is -0.508 e. The van der Waals surface area contributed by atoms with Crippen LogP contribution in [0, 0.1) is 0 Å². The molecule has 2 aromatic rings. The molecule has 7 heteroatoms. The Kier molecular flexibility index (Phi) is 2.44. The van der Waals surface area contributed by atoms with Crippen LogP contribution in [0.2, 0.25) is 0 Å². The van der Waals surface area contributed by atoms with Crippen molar-refractivity contribution in [2.75, 3.05) is 7.05 Å². The molecule has 3 heterocycles. The summed E-state index contributed by atoms with van der Waals surface area (Å²) < 4.78 is 10.3. The fraction of sp³-hybridized carbons (Fsp3) is 0.286. The fourth-order valence-corrected chi connectivity index (χ4v) is 3.75. The predicted octanol–water partition coefficient (Wildman–Crippen LogP) is 2.18. The SMILES string of the molecule is CN1C(=O)NC2CC1(c1ccns1)Oc1ccc(O)cc12. The molecule has 1 saturated heterocycles. The molecule has 2 aliphatic heterocycles. The van der Waals surface area contributed by atoms with Gasteiger partial charge in [-0.2, -0.15) is 0 Å². The van der Waals surface area contributed by atoms with Crippen LogP contribution >= 0.6 is 11.5 Å². The summed E-state index contributed by atoms with van der Waals surface area (Å²) in [5.41, 5.74) is -0.0328. The summed E-state index contributed by atoms with van der Waals surface area (Å²) in [6.45, 7) is 0. The van der Waals surface area contributed by atoms with Crippen LogP contribution in [0.25, 0.3) is 0 Å². The van der Waals surface area contributed by atoms with E-state index in [0.29, 0.717) is 12.2 Å². The largest absolute Gasteiger partial charge is 0.508 e. The predicted molar refractivity (Wildman–Crippen MR) is 76.2 cm³/mol. The molecule has 2 N–H and O–H groups in total. The van der Waals surface area contributed by atoms with E-state index in [-0.39, 0.29) is 17.8 Å². The molecule has 1 aromatic carbocycles. The van der Waals surface area contributed by atoms with Crippen LogP contribution in [0.4, 0.5) is 4.79 Å². The van der Waals surface area contributed by atoms with Gasteiger partial charge in [-0.1, -0.05) is 0 Å². The highest BCUT2D eigenvalue weighted by molar-refractivity contribution is 7.05. The fourth-order valence-electron chi connectivity index (χ4n) is 2.99. The van der Waals surface area contributed by atoms with Crippen LogP contribution in [0.3, 0.4) is 0 Å². The van der Waals surface area contributed by atoms with Gasteiger partial charge in [0, 0.05) is 25.2 Å². The zero-order valence-corrected chi connectivity index (χ0v) is 12.1. The first-order valence-corrected chi connectivity index (χ1v) is 7.35. The third-order valence-corrected chi connectivity index (χ3v) is 4.97. The molecule has 0 aliphatic carbocycles. The Bertz CT molecular complexity index is 718. The van der Waals surface area contributed by atoms with E-state index in [4.69, 9.17) is 4.74 Å². The molecule has 21 heavy (non-hydrogen) atoms. The summed E-state index contributed by atoms with van der Waals surface area (Å²) in [6, 6.07) is 6.45. The Labute approximate surface area is 125 Å². The second kappa shape index (κ2) is 4.11. The Hall–Kier alpha value is -2.28. The zero-order chi connectivity index (χ0) is 14.6. The summed E-state index contributed by atoms with van der Waals surface area (Å²) in [7, 11) is 1.72. The number of urea groups is 1. The van der Waals surface area contributed by atoms with Gasteiger partial charge in [0.1, 0.15) is 11.5 Å². The van der Waals surface area contributed by atoms with Crippen LogP contribution < -0.4 is 10.1 Å². The lowest BCUT2D eigenvalue weighted by molar-refractivity contribution is -0.0908. The van der Waals surface area contributed by atoms with E-state index in [2.05, 4.69) is 9.69 Å². The molecule has 0 saturated carbocycles. The van der Waals surface area contributed by atoms with Gasteiger partial charge in [0.05, 0.1) is 10.9 Å². The summed E-state index contributed by atoms with van der Waals surface area (Å²) >= 11 is 1.33. The average Bonchev–Trinajstić information content (AvgIpc) is 3.00. The number of hydrogen-bond donors (Lipinski definition) is 2. The van der Waals surface area contributed by atoms with E-state index >= 15 is 0 Å². The summed E-state index contributed by atoms with van der Waals surface area (Å²) in [6.07, 6.45) is 2.29. The van der Waals surface area contributed by atoms with Crippen molar-refractivity contribution >= 4 is 17.6 Å². The second-order valence-corrected chi connectivity index (χ2v) is 6.08. The van der Waals surface area contributed by atoms with Gasteiger partial charge in [-0.15, -0.1) is 0 Å². The van der Waals surface area contributed by atoms with Crippen LogP contribution in [0.1, 0.15) is 22.9 Å². The molecule has 2 unspecified atom stereocenters. The normalized spacial score (nSPS) is 26.8. The standard InChI is InChI=1S/C14H13N3O3S/c1-17-13(19)16-10-7-14(17,12-4-5-15-21-12)20-11-3-2-8(18)6-9(10)11/h2-6,10,18H,7H2,1H3,(H,16,19). The number of fused-ring (bicyclic) bond motifs is 4. The summed E-state index contributed by atoms with van der Waals surface area (Å²) in [5.74, 6) is 0.833. The Balaban J connectivity index is 1.91. The van der Waals surface area contributed by atoms with Gasteiger partial charge in [0.15, 0.2) is 0 Å². The van der Waals surface area contributed by atoms with Crippen molar-refractivity contribution in [3.05, 3.63) is 40.9 Å². The van der Waals surface area contributed by atoms with Gasteiger partial charge in [0.25, 0.3) is 0 Å². The molecule has 0 radical (unpaired) electrons. The molecular formula is C14H13N3O3S. The molecule has 2 atom stereocenters. The summed E-state index contributed by atoms with van der Waals surface area (Å²) in [4.78, 5) is 14.7. The monoisotopic (exact) mass is 303 g/mol. The van der Waals surface area contributed by atoms with E-state index in [1.54, 1.807) is 36.3 Å². The van der Waals surface area contributed by atoms with Gasteiger partial charge in [-0.05, 0) is 35.8 Å². The van der Waals surface area contributed by atoms with Crippen LogP contribution in [0.15, 0.2) is 30.5 Å². The van der Waals surface area contributed by atoms with Gasteiger partial charge >= 0.3 is 6.03 Å². The highest BCUT2D eigenvalue weighted by Crippen LogP contribution is 2.49. The maximum atomic E-state index is 12.3. The zero-order valence-electron chi connectivity index (χ0n) is 11.2. The van der Waals surface area contributed by atoms with Crippen molar-refractivity contribution in [1.29, 1.82) is 0 Å². The van der Waals surface area contributed by atoms with E-state index < -0.39 is 5.72 Å². The van der Waals surface area contributed by atoms with Gasteiger partial charge < -0.3 is 15.2 Å². The number of aromatic nitrogens is 1. The van der Waals surface area contributed by atoms with Gasteiger partial charge in [0.2, 0.25) is 5.72 Å². The maximum absolute atomic E-state index is 12.3. The van der Waals surface area contributed by atoms with Crippen molar-refractivity contribution in [3.8, 4) is 11.5 Å². The first-order valence-electron chi connectivity index (χ1n) is 6.57. The minimum atomic E-state index is -0.835. The molecule has 0 spiro atoms. The molecule has 4 rings (SSSR count). The van der Waals surface area contributed by atoms with Crippen LogP contribution in [-0.2, 0) is 5.72 Å². The third kappa shape index (κ3) is 1.64. The Morgan fingerprint density at radius 2 is 2.38 bits per heavy atom. The van der Waals surface area contributed by atoms with Crippen LogP contribution in [0.5, 0.6) is 11.5 Å². The molecule has 2 bridgehead atoms. The van der Waals surface area contributed by atoms with Gasteiger partial charge in [-0.25, -0.2) is 9.17 Å². The molecule has 1 aromatic heterocycles. The number of ether oxygens (including phenoxy) is 1. The molecule has 2 aliphatic rings. The molecule has 2 amide bonds. The highest BCUT2D eigenvalue weighted by atomic mass is 32.1. The first kappa shape index (κ1) is 12.5. The van der Waals surface area contributed by atoms with E-state index in [1.807, 2.05) is 6.07 Å². The van der Waals surface area contributed by atoms with Crippen molar-refractivity contribution < 1.29 is 14.6 Å². The highest BCUT2D eigenvalue weighted by Gasteiger charge is 2.52.